The Balaban J connectivity index is 5.25. The summed E-state index contributed by atoms with van der Waals surface area (Å²) in [6.45, 7) is 9.48. The van der Waals surface area contributed by atoms with E-state index in [4.69, 9.17) is 37.0 Å². The number of phosphoric acid groups is 2. The summed E-state index contributed by atoms with van der Waals surface area (Å²) in [6, 6.07) is 0. The van der Waals surface area contributed by atoms with Crippen LogP contribution in [0.15, 0.2) is 0 Å². The standard InChI is InChI=1S/C69H134O17P2/c1-7-10-12-14-16-18-20-21-22-23-24-30-34-41-47-53-68(73)85-64(57-79-67(72)52-46-40-33-29-26-25-27-31-37-43-49-61(4)5)59-83-87(75,76)81-55-63(70)56-82-88(77,78)84-60-65(86-69(74)54-48-42-36-35-38-44-50-62(6)9-3)58-80-66(71)51-45-39-32-28-19-17-15-13-11-8-2/h61-65,70H,7-60H2,1-6H3,(H,75,76)(H,77,78)/t62?,63-,64-,65-/m1/s1. The molecule has 0 amide bonds. The molecular weight excluding hydrogens is 1160 g/mol. The van der Waals surface area contributed by atoms with E-state index in [1.54, 1.807) is 0 Å². The van der Waals surface area contributed by atoms with Crippen molar-refractivity contribution in [1.82, 2.24) is 0 Å². The molecule has 0 saturated carbocycles. The number of phosphoric ester groups is 2. The first-order valence-corrected chi connectivity index (χ1v) is 39.0. The first-order chi connectivity index (χ1) is 42.4. The number of rotatable bonds is 68. The number of ether oxygens (including phenoxy) is 4. The third-order valence-corrected chi connectivity index (χ3v) is 18.2. The lowest BCUT2D eigenvalue weighted by atomic mass is 10.00. The molecule has 0 rings (SSSR count). The Morgan fingerprint density at radius 1 is 0.330 bits per heavy atom. The fourth-order valence-corrected chi connectivity index (χ4v) is 12.0. The van der Waals surface area contributed by atoms with Crippen LogP contribution in [0.3, 0.4) is 0 Å². The van der Waals surface area contributed by atoms with Crippen molar-refractivity contribution in [2.24, 2.45) is 11.8 Å². The van der Waals surface area contributed by atoms with Crippen LogP contribution in [0.5, 0.6) is 0 Å². The minimum Gasteiger partial charge on any atom is -0.462 e. The van der Waals surface area contributed by atoms with Gasteiger partial charge < -0.3 is 33.8 Å². The van der Waals surface area contributed by atoms with Crippen LogP contribution < -0.4 is 0 Å². The Kier molecular flexibility index (Phi) is 59.9. The van der Waals surface area contributed by atoms with Crippen molar-refractivity contribution < 1.29 is 80.2 Å². The highest BCUT2D eigenvalue weighted by Gasteiger charge is 2.30. The van der Waals surface area contributed by atoms with E-state index >= 15 is 0 Å². The highest BCUT2D eigenvalue weighted by atomic mass is 31.2. The van der Waals surface area contributed by atoms with Gasteiger partial charge in [-0.25, -0.2) is 9.13 Å². The van der Waals surface area contributed by atoms with Gasteiger partial charge in [-0.2, -0.15) is 0 Å². The van der Waals surface area contributed by atoms with E-state index in [1.807, 2.05) is 0 Å². The lowest BCUT2D eigenvalue weighted by Crippen LogP contribution is -2.30. The molecule has 0 spiro atoms. The number of carbonyl (C=O) groups excluding carboxylic acids is 4. The molecule has 0 bridgehead atoms. The van der Waals surface area contributed by atoms with Crippen molar-refractivity contribution in [3.63, 3.8) is 0 Å². The van der Waals surface area contributed by atoms with Crippen LogP contribution in [-0.2, 0) is 65.4 Å². The summed E-state index contributed by atoms with van der Waals surface area (Å²) in [5, 5.41) is 10.6. The summed E-state index contributed by atoms with van der Waals surface area (Å²) in [7, 11) is -9.90. The number of esters is 4. The molecule has 0 fully saturated rings. The van der Waals surface area contributed by atoms with Gasteiger partial charge in [-0.3, -0.25) is 37.3 Å². The number of hydrogen-bond acceptors (Lipinski definition) is 15. The third kappa shape index (κ3) is 61.6. The van der Waals surface area contributed by atoms with Gasteiger partial charge in [0, 0.05) is 25.7 Å². The third-order valence-electron chi connectivity index (χ3n) is 16.3. The highest BCUT2D eigenvalue weighted by molar-refractivity contribution is 7.47. The first kappa shape index (κ1) is 86.1. The van der Waals surface area contributed by atoms with Crippen LogP contribution in [0.2, 0.25) is 0 Å². The van der Waals surface area contributed by atoms with Crippen LogP contribution >= 0.6 is 15.6 Å². The summed E-state index contributed by atoms with van der Waals surface area (Å²) in [6.07, 6.45) is 45.8. The second-order valence-electron chi connectivity index (χ2n) is 25.6. The van der Waals surface area contributed by atoms with E-state index in [1.165, 1.54) is 167 Å². The molecule has 0 heterocycles. The van der Waals surface area contributed by atoms with Gasteiger partial charge in [-0.15, -0.1) is 0 Å². The largest absolute Gasteiger partial charge is 0.472 e. The van der Waals surface area contributed by atoms with Crippen molar-refractivity contribution in [3.8, 4) is 0 Å². The summed E-state index contributed by atoms with van der Waals surface area (Å²) < 4.78 is 68.2. The molecule has 0 aromatic carbocycles. The molecule has 88 heavy (non-hydrogen) atoms. The molecule has 0 radical (unpaired) electrons. The van der Waals surface area contributed by atoms with Gasteiger partial charge in [0.05, 0.1) is 26.4 Å². The van der Waals surface area contributed by atoms with Gasteiger partial charge in [-0.05, 0) is 37.5 Å². The molecule has 6 atom stereocenters. The quantitative estimate of drug-likeness (QED) is 0.0222. The van der Waals surface area contributed by atoms with E-state index < -0.39 is 97.5 Å². The van der Waals surface area contributed by atoms with Crippen LogP contribution in [0.1, 0.15) is 350 Å². The minimum absolute atomic E-state index is 0.103. The van der Waals surface area contributed by atoms with Crippen LogP contribution in [0.25, 0.3) is 0 Å². The van der Waals surface area contributed by atoms with Gasteiger partial charge in [0.25, 0.3) is 0 Å². The van der Waals surface area contributed by atoms with E-state index in [9.17, 15) is 43.2 Å². The average Bonchev–Trinajstić information content (AvgIpc) is 3.67. The molecule has 0 saturated heterocycles. The zero-order valence-corrected chi connectivity index (χ0v) is 58.8. The lowest BCUT2D eigenvalue weighted by Gasteiger charge is -2.21. The number of hydrogen-bond donors (Lipinski definition) is 3. The Hall–Kier alpha value is -1.94. The van der Waals surface area contributed by atoms with Crippen molar-refractivity contribution in [3.05, 3.63) is 0 Å². The molecule has 19 heteroatoms. The molecule has 3 unspecified atom stereocenters. The summed E-state index contributed by atoms with van der Waals surface area (Å²) in [5.74, 6) is -0.648. The Morgan fingerprint density at radius 3 is 0.864 bits per heavy atom. The molecule has 0 aliphatic rings. The van der Waals surface area contributed by atoms with Crippen molar-refractivity contribution >= 4 is 39.5 Å². The van der Waals surface area contributed by atoms with Gasteiger partial charge in [0.2, 0.25) is 0 Å². The molecular formula is C69H134O17P2. The molecule has 0 aliphatic carbocycles. The Labute approximate surface area is 537 Å². The van der Waals surface area contributed by atoms with Crippen molar-refractivity contribution in [2.75, 3.05) is 39.6 Å². The van der Waals surface area contributed by atoms with Crippen molar-refractivity contribution in [1.29, 1.82) is 0 Å². The Morgan fingerprint density at radius 2 is 0.580 bits per heavy atom. The van der Waals surface area contributed by atoms with Gasteiger partial charge >= 0.3 is 39.5 Å². The lowest BCUT2D eigenvalue weighted by molar-refractivity contribution is -0.161. The van der Waals surface area contributed by atoms with Crippen molar-refractivity contribution in [2.45, 2.75) is 368 Å². The SMILES string of the molecule is CCCCCCCCCCCCCCCCCC(=O)O[C@H](COC(=O)CCCCCCCCCCCCC(C)C)COP(=O)(O)OC[C@@H](O)COP(=O)(O)OC[C@@H](COC(=O)CCCCCCCCCCCC)OC(=O)CCCCCCCCC(C)CC. The van der Waals surface area contributed by atoms with E-state index in [-0.39, 0.29) is 25.7 Å². The van der Waals surface area contributed by atoms with E-state index in [2.05, 4.69) is 41.5 Å². The average molecular weight is 1300 g/mol. The summed E-state index contributed by atoms with van der Waals surface area (Å²) in [4.78, 5) is 72.5. The maximum atomic E-state index is 13.0. The summed E-state index contributed by atoms with van der Waals surface area (Å²) in [5.41, 5.74) is 0. The molecule has 17 nitrogen and oxygen atoms in total. The fraction of sp³-hybridized carbons (Fsp3) is 0.942. The maximum Gasteiger partial charge on any atom is 0.472 e. The van der Waals surface area contributed by atoms with E-state index in [0.29, 0.717) is 25.7 Å². The summed E-state index contributed by atoms with van der Waals surface area (Å²) >= 11 is 0. The molecule has 0 aliphatic heterocycles. The second-order valence-corrected chi connectivity index (χ2v) is 28.5. The first-order valence-electron chi connectivity index (χ1n) is 36.0. The number of unbranched alkanes of at least 4 members (excludes halogenated alkanes) is 37. The predicted molar refractivity (Wildman–Crippen MR) is 354 cm³/mol. The van der Waals surface area contributed by atoms with Crippen LogP contribution in [0.4, 0.5) is 0 Å². The number of carbonyl (C=O) groups is 4. The van der Waals surface area contributed by atoms with Gasteiger partial charge in [-0.1, -0.05) is 298 Å². The fourth-order valence-electron chi connectivity index (χ4n) is 10.4. The molecule has 0 aromatic heterocycles. The number of aliphatic hydroxyl groups is 1. The normalized spacial score (nSPS) is 14.5. The van der Waals surface area contributed by atoms with Gasteiger partial charge in [0.15, 0.2) is 12.2 Å². The second kappa shape index (κ2) is 61.3. The predicted octanol–water partition coefficient (Wildman–Crippen LogP) is 19.6. The zero-order chi connectivity index (χ0) is 65.0. The maximum absolute atomic E-state index is 13.0. The zero-order valence-electron chi connectivity index (χ0n) is 57.0. The number of aliphatic hydroxyl groups excluding tert-OH is 1. The highest BCUT2D eigenvalue weighted by Crippen LogP contribution is 2.45. The molecule has 3 N–H and O–H groups in total. The van der Waals surface area contributed by atoms with Gasteiger partial charge in [0.1, 0.15) is 19.3 Å². The van der Waals surface area contributed by atoms with E-state index in [0.717, 1.165) is 102 Å². The monoisotopic (exact) mass is 1300 g/mol. The molecule has 522 valence electrons. The topological polar surface area (TPSA) is 237 Å². The molecule has 0 aromatic rings. The Bertz CT molecular complexity index is 1720. The van der Waals surface area contributed by atoms with Crippen LogP contribution in [0, 0.1) is 11.8 Å². The smallest absolute Gasteiger partial charge is 0.462 e. The van der Waals surface area contributed by atoms with Crippen LogP contribution in [-0.4, -0.2) is 96.7 Å². The minimum atomic E-state index is -4.95.